The van der Waals surface area contributed by atoms with E-state index >= 15 is 0 Å². The van der Waals surface area contributed by atoms with Crippen molar-refractivity contribution in [3.8, 4) is 17.1 Å². The van der Waals surface area contributed by atoms with Gasteiger partial charge in [0, 0.05) is 48.5 Å². The van der Waals surface area contributed by atoms with Crippen LogP contribution in [0.5, 0.6) is 5.75 Å². The number of hydrogen-bond donors (Lipinski definition) is 1. The smallest absolute Gasteiger partial charge is 0.491 e. The summed E-state index contributed by atoms with van der Waals surface area (Å²) in [5, 5.41) is 10.0. The van der Waals surface area contributed by atoms with Crippen molar-refractivity contribution in [2.24, 2.45) is 0 Å². The van der Waals surface area contributed by atoms with Crippen LogP contribution in [0.25, 0.3) is 27.2 Å². The second kappa shape index (κ2) is 13.1. The van der Waals surface area contributed by atoms with E-state index in [-0.39, 0.29) is 49.6 Å². The van der Waals surface area contributed by atoms with Crippen molar-refractivity contribution < 1.29 is 42.1 Å². The van der Waals surface area contributed by atoms with Crippen LogP contribution in [0.3, 0.4) is 0 Å². The summed E-state index contributed by atoms with van der Waals surface area (Å²) in [5.74, 6) is -2.35. The molecule has 0 bridgehead atoms. The predicted octanol–water partition coefficient (Wildman–Crippen LogP) is 4.87. The standard InChI is InChI=1S/C30H29F3N4O6S/c1-2-4-19(38)7-8-25(40)37-10-9-21(23(17-37)43-29(41)30(31,32)33)24-16-22-26(44-24)28(36-11-13-42-14-12-36)35-27(34-22)18-5-3-6-20(39)15-18/h2-6,15-16,39H,7-14,17H2,1H3. The molecule has 1 aromatic carbocycles. The zero-order valence-electron chi connectivity index (χ0n) is 23.7. The van der Waals surface area contributed by atoms with Crippen LogP contribution < -0.4 is 4.90 Å². The van der Waals surface area contributed by atoms with Gasteiger partial charge in [-0.25, -0.2) is 14.8 Å². The number of amides is 1. The third kappa shape index (κ3) is 7.08. The number of alkyl halides is 3. The Morgan fingerprint density at radius 3 is 2.59 bits per heavy atom. The van der Waals surface area contributed by atoms with Gasteiger partial charge < -0.3 is 24.4 Å². The first kappa shape index (κ1) is 31.1. The molecule has 5 rings (SSSR count). The monoisotopic (exact) mass is 630 g/mol. The van der Waals surface area contributed by atoms with Gasteiger partial charge in [-0.2, -0.15) is 13.2 Å². The lowest BCUT2D eigenvalue weighted by molar-refractivity contribution is -0.195. The number of fused-ring (bicyclic) bond motifs is 1. The molecule has 0 aliphatic carbocycles. The fourth-order valence-corrected chi connectivity index (χ4v) is 6.16. The average molecular weight is 631 g/mol. The molecule has 14 heteroatoms. The Morgan fingerprint density at radius 1 is 1.11 bits per heavy atom. The van der Waals surface area contributed by atoms with Crippen molar-refractivity contribution >= 4 is 50.6 Å². The molecule has 0 saturated carbocycles. The zero-order valence-corrected chi connectivity index (χ0v) is 24.5. The second-order valence-corrected chi connectivity index (χ2v) is 11.2. The third-order valence-electron chi connectivity index (χ3n) is 7.11. The Bertz CT molecular complexity index is 1650. The van der Waals surface area contributed by atoms with Gasteiger partial charge in [-0.15, -0.1) is 11.3 Å². The summed E-state index contributed by atoms with van der Waals surface area (Å²) in [6, 6.07) is 8.20. The number of phenols is 1. The molecule has 1 amide bonds. The number of allylic oxidation sites excluding steroid dienone is 2. The molecule has 3 aromatic rings. The fraction of sp³-hybridized carbons (Fsp3) is 0.367. The number of ketones is 1. The van der Waals surface area contributed by atoms with E-state index in [1.165, 1.54) is 34.4 Å². The lowest BCUT2D eigenvalue weighted by Crippen LogP contribution is -2.39. The van der Waals surface area contributed by atoms with E-state index < -0.39 is 18.1 Å². The van der Waals surface area contributed by atoms with Crippen LogP contribution in [0.4, 0.5) is 19.0 Å². The number of anilines is 1. The van der Waals surface area contributed by atoms with Gasteiger partial charge in [0.05, 0.1) is 30.0 Å². The number of benzene rings is 1. The van der Waals surface area contributed by atoms with E-state index in [0.717, 1.165) is 0 Å². The molecule has 2 aliphatic rings. The molecule has 0 unspecified atom stereocenters. The number of carbonyl (C=O) groups is 3. The van der Waals surface area contributed by atoms with Gasteiger partial charge in [-0.1, -0.05) is 18.2 Å². The molecule has 0 radical (unpaired) electrons. The van der Waals surface area contributed by atoms with E-state index in [0.29, 0.717) is 64.2 Å². The summed E-state index contributed by atoms with van der Waals surface area (Å²) in [6.45, 7) is 3.56. The number of esters is 1. The quantitative estimate of drug-likeness (QED) is 0.274. The SMILES string of the molecule is CC=CC(=O)CCC(=O)N1CCC(c2cc3nc(-c4cccc(O)c4)nc(N4CCOCC4)c3s2)=C(OC(=O)C(F)(F)F)C1. The number of morpholine rings is 1. The highest BCUT2D eigenvalue weighted by Gasteiger charge is 2.43. The maximum Gasteiger partial charge on any atom is 0.491 e. The number of hydrogen-bond acceptors (Lipinski definition) is 10. The molecule has 1 N–H and O–H groups in total. The van der Waals surface area contributed by atoms with Crippen LogP contribution in [-0.2, 0) is 23.9 Å². The maximum atomic E-state index is 13.3. The van der Waals surface area contributed by atoms with Crippen molar-refractivity contribution in [1.29, 1.82) is 0 Å². The first-order chi connectivity index (χ1) is 21.0. The molecule has 4 heterocycles. The highest BCUT2D eigenvalue weighted by Crippen LogP contribution is 2.40. The fourth-order valence-electron chi connectivity index (χ4n) is 4.96. The Balaban J connectivity index is 1.55. The number of ether oxygens (including phenoxy) is 2. The molecule has 2 aliphatic heterocycles. The summed E-state index contributed by atoms with van der Waals surface area (Å²) in [6.07, 6.45) is -2.40. The minimum absolute atomic E-state index is 0.0407. The number of aromatic nitrogens is 2. The molecule has 2 aromatic heterocycles. The van der Waals surface area contributed by atoms with Crippen LogP contribution in [0.1, 0.15) is 31.1 Å². The van der Waals surface area contributed by atoms with E-state index in [2.05, 4.69) is 0 Å². The number of thiophene rings is 1. The molecule has 232 valence electrons. The summed E-state index contributed by atoms with van der Waals surface area (Å²) in [7, 11) is 0. The number of halogens is 3. The van der Waals surface area contributed by atoms with Gasteiger partial charge in [-0.3, -0.25) is 9.59 Å². The largest absolute Gasteiger partial charge is 0.508 e. The normalized spacial score (nSPS) is 16.2. The Kier molecular flexibility index (Phi) is 9.30. The van der Waals surface area contributed by atoms with Crippen molar-refractivity contribution in [3.63, 3.8) is 0 Å². The predicted molar refractivity (Wildman–Crippen MR) is 157 cm³/mol. The second-order valence-electron chi connectivity index (χ2n) is 10.2. The number of carbonyl (C=O) groups excluding carboxylic acids is 3. The lowest BCUT2D eigenvalue weighted by atomic mass is 10.0. The molecular weight excluding hydrogens is 601 g/mol. The molecule has 10 nitrogen and oxygen atoms in total. The number of phenolic OH excluding ortho intramolecular Hbond substituents is 1. The van der Waals surface area contributed by atoms with Crippen molar-refractivity contribution in [1.82, 2.24) is 14.9 Å². The van der Waals surface area contributed by atoms with E-state index in [4.69, 9.17) is 19.4 Å². The Labute approximate surface area is 254 Å². The Hall–Kier alpha value is -4.30. The van der Waals surface area contributed by atoms with Gasteiger partial charge >= 0.3 is 12.1 Å². The molecule has 44 heavy (non-hydrogen) atoms. The van der Waals surface area contributed by atoms with Crippen molar-refractivity contribution in [3.05, 3.63) is 53.1 Å². The molecule has 1 fully saturated rings. The summed E-state index contributed by atoms with van der Waals surface area (Å²) in [4.78, 5) is 50.0. The van der Waals surface area contributed by atoms with Crippen molar-refractivity contribution in [2.75, 3.05) is 44.3 Å². The van der Waals surface area contributed by atoms with Gasteiger partial charge in [0.25, 0.3) is 0 Å². The summed E-state index contributed by atoms with van der Waals surface area (Å²) in [5.41, 5.74) is 1.45. The molecule has 0 atom stereocenters. The van der Waals surface area contributed by atoms with Crippen LogP contribution in [-0.4, -0.2) is 83.2 Å². The average Bonchev–Trinajstić information content (AvgIpc) is 3.43. The number of aromatic hydroxyl groups is 1. The van der Waals surface area contributed by atoms with Gasteiger partial charge in [0.2, 0.25) is 5.91 Å². The van der Waals surface area contributed by atoms with Crippen LogP contribution in [0, 0.1) is 0 Å². The van der Waals surface area contributed by atoms with Crippen LogP contribution >= 0.6 is 11.3 Å². The first-order valence-electron chi connectivity index (χ1n) is 13.9. The van der Waals surface area contributed by atoms with Crippen molar-refractivity contribution in [2.45, 2.75) is 32.4 Å². The van der Waals surface area contributed by atoms with Gasteiger partial charge in [-0.05, 0) is 37.6 Å². The van der Waals surface area contributed by atoms with Gasteiger partial charge in [0.15, 0.2) is 17.4 Å². The zero-order chi connectivity index (χ0) is 31.4. The Morgan fingerprint density at radius 2 is 1.89 bits per heavy atom. The van der Waals surface area contributed by atoms with E-state index in [1.54, 1.807) is 31.2 Å². The van der Waals surface area contributed by atoms with E-state index in [9.17, 15) is 32.7 Å². The molecule has 1 saturated heterocycles. The number of nitrogens with zero attached hydrogens (tertiary/aromatic N) is 4. The topological polar surface area (TPSA) is 122 Å². The van der Waals surface area contributed by atoms with E-state index in [1.807, 2.05) is 4.90 Å². The first-order valence-corrected chi connectivity index (χ1v) is 14.7. The highest BCUT2D eigenvalue weighted by molar-refractivity contribution is 7.20. The third-order valence-corrected chi connectivity index (χ3v) is 8.29. The molecule has 0 spiro atoms. The lowest BCUT2D eigenvalue weighted by Gasteiger charge is -2.30. The van der Waals surface area contributed by atoms with Crippen LogP contribution in [0.15, 0.2) is 48.2 Å². The molecular formula is C30H29F3N4O6S. The number of rotatable bonds is 8. The van der Waals surface area contributed by atoms with Crippen LogP contribution in [0.2, 0.25) is 0 Å². The maximum absolute atomic E-state index is 13.3. The highest BCUT2D eigenvalue weighted by atomic mass is 32.1. The minimum Gasteiger partial charge on any atom is -0.508 e. The minimum atomic E-state index is -5.24. The summed E-state index contributed by atoms with van der Waals surface area (Å²) < 4.78 is 50.8. The summed E-state index contributed by atoms with van der Waals surface area (Å²) >= 11 is 1.26. The van der Waals surface area contributed by atoms with Gasteiger partial charge in [0.1, 0.15) is 11.5 Å².